The van der Waals surface area contributed by atoms with Gasteiger partial charge in [0.25, 0.3) is 0 Å². The number of carbonyl (C=O) groups excluding carboxylic acids is 1. The average molecular weight is 575 g/mol. The van der Waals surface area contributed by atoms with E-state index in [-0.39, 0.29) is 11.3 Å². The summed E-state index contributed by atoms with van der Waals surface area (Å²) in [5, 5.41) is 23.6. The molecule has 6 heteroatoms. The van der Waals surface area contributed by atoms with Crippen LogP contribution in [0.25, 0.3) is 11.1 Å². The zero-order valence-electron chi connectivity index (χ0n) is 25.2. The maximum atomic E-state index is 12.3. The summed E-state index contributed by atoms with van der Waals surface area (Å²) >= 11 is 0. The molecule has 4 aromatic rings. The predicted octanol–water partition coefficient (Wildman–Crippen LogP) is 7.74. The van der Waals surface area contributed by atoms with E-state index in [1.807, 2.05) is 18.2 Å². The molecule has 0 aliphatic heterocycles. The number of rotatable bonds is 12. The molecular weight excluding hydrogens is 534 g/mol. The van der Waals surface area contributed by atoms with Crippen LogP contribution in [-0.2, 0) is 6.42 Å². The molecule has 1 heterocycles. The first-order chi connectivity index (χ1) is 20.8. The van der Waals surface area contributed by atoms with Crippen LogP contribution in [0, 0.1) is 17.2 Å². The van der Waals surface area contributed by atoms with Gasteiger partial charge in [-0.05, 0) is 98.4 Å². The number of ketones is 1. The van der Waals surface area contributed by atoms with E-state index in [2.05, 4.69) is 73.8 Å². The Morgan fingerprint density at radius 2 is 1.81 bits per heavy atom. The van der Waals surface area contributed by atoms with E-state index in [1.54, 1.807) is 25.3 Å². The van der Waals surface area contributed by atoms with Crippen molar-refractivity contribution in [2.75, 3.05) is 11.9 Å². The number of para-hydroxylation sites is 1. The zero-order valence-corrected chi connectivity index (χ0v) is 25.2. The third-order valence-corrected chi connectivity index (χ3v) is 8.38. The smallest absolute Gasteiger partial charge is 0.233 e. The molecule has 1 aliphatic rings. The lowest BCUT2D eigenvalue weighted by Crippen LogP contribution is -2.34. The van der Waals surface area contributed by atoms with E-state index in [1.165, 1.54) is 17.3 Å². The number of Topliss-reactive ketones (excluding diaryl/α,β-unsaturated/α-hetero) is 1. The average Bonchev–Trinajstić information content (AvgIpc) is 3.34. The van der Waals surface area contributed by atoms with Crippen molar-refractivity contribution in [3.63, 3.8) is 0 Å². The quantitative estimate of drug-likeness (QED) is 0.0782. The van der Waals surface area contributed by atoms with Crippen LogP contribution in [0.5, 0.6) is 5.75 Å². The number of hydrogen-bond acceptors (Lipinski definition) is 5. The number of carbonyl (C=O) groups is 1. The minimum absolute atomic E-state index is 0.0548. The fourth-order valence-electron chi connectivity index (χ4n) is 6.46. The Bertz CT molecular complexity index is 1620. The second-order valence-electron chi connectivity index (χ2n) is 12.1. The van der Waals surface area contributed by atoms with Gasteiger partial charge < -0.3 is 10.1 Å². The topological polar surface area (TPSA) is 86.2 Å². The van der Waals surface area contributed by atoms with Crippen molar-refractivity contribution in [3.05, 3.63) is 114 Å². The number of benzene rings is 3. The number of ether oxygens (including phenoxy) is 1. The molecule has 0 amide bonds. The standard InChI is InChI=1S/C37H40N3O3/c1-4-35(41)31-20-30(24-40(42)25-31)26-16-17-28(23-38)36(21-26)43-18-10-15-34-29(19-27-11-8-9-14-33(27)34)22-37(2,3)39-32-12-6-5-7-13-32/h5-9,11-14,16-17,20-21,24-25,29,34,39,42H,4,10,15,18-19,22H2,1-3H3/q+1/t29-,34?/m1/s1. The Labute approximate surface area is 254 Å². The largest absolute Gasteiger partial charge is 0.492 e. The Balaban J connectivity index is 1.27. The Hall–Kier alpha value is -4.63. The lowest BCUT2D eigenvalue weighted by atomic mass is 9.80. The number of nitrogens with zero attached hydrogens (tertiary/aromatic N) is 2. The van der Waals surface area contributed by atoms with Crippen molar-refractivity contribution in [2.24, 2.45) is 5.92 Å². The van der Waals surface area contributed by atoms with Crippen LogP contribution in [0.15, 0.2) is 91.3 Å². The van der Waals surface area contributed by atoms with Gasteiger partial charge in [-0.2, -0.15) is 5.26 Å². The summed E-state index contributed by atoms with van der Waals surface area (Å²) in [6.45, 7) is 6.85. The molecule has 0 fully saturated rings. The molecule has 0 bridgehead atoms. The molecule has 1 aliphatic carbocycles. The van der Waals surface area contributed by atoms with Crippen LogP contribution >= 0.6 is 0 Å². The summed E-state index contributed by atoms with van der Waals surface area (Å²) in [7, 11) is 0. The number of aromatic nitrogens is 1. The van der Waals surface area contributed by atoms with Gasteiger partial charge in [0.1, 0.15) is 11.8 Å². The first kappa shape index (κ1) is 29.8. The molecule has 2 atom stereocenters. The SMILES string of the molecule is CCC(=O)c1cc(-c2ccc(C#N)c(OCCCC3c4ccccc4C[C@@H]3CC(C)(C)Nc3ccccc3)c2)c[n+](O)c1. The number of pyridine rings is 1. The van der Waals surface area contributed by atoms with Gasteiger partial charge in [-0.3, -0.25) is 10.0 Å². The predicted molar refractivity (Wildman–Crippen MR) is 168 cm³/mol. The highest BCUT2D eigenvalue weighted by atomic mass is 16.5. The highest BCUT2D eigenvalue weighted by Gasteiger charge is 2.35. The van der Waals surface area contributed by atoms with Gasteiger partial charge in [0.05, 0.1) is 23.3 Å². The summed E-state index contributed by atoms with van der Waals surface area (Å²) in [6, 6.07) is 28.6. The van der Waals surface area contributed by atoms with Gasteiger partial charge in [-0.1, -0.05) is 55.5 Å². The second kappa shape index (κ2) is 13.1. The molecule has 0 saturated heterocycles. The van der Waals surface area contributed by atoms with E-state index < -0.39 is 0 Å². The molecule has 3 aromatic carbocycles. The lowest BCUT2D eigenvalue weighted by Gasteiger charge is -2.33. The van der Waals surface area contributed by atoms with Gasteiger partial charge in [0.2, 0.25) is 12.4 Å². The van der Waals surface area contributed by atoms with E-state index in [0.717, 1.165) is 41.7 Å². The molecule has 0 saturated carbocycles. The maximum Gasteiger partial charge on any atom is 0.233 e. The zero-order chi connectivity index (χ0) is 30.4. The third kappa shape index (κ3) is 7.24. The molecule has 0 radical (unpaired) electrons. The Morgan fingerprint density at radius 3 is 2.58 bits per heavy atom. The molecule has 6 nitrogen and oxygen atoms in total. The van der Waals surface area contributed by atoms with Crippen molar-refractivity contribution < 1.29 is 19.5 Å². The Kier molecular flexibility index (Phi) is 9.11. The van der Waals surface area contributed by atoms with E-state index >= 15 is 0 Å². The minimum Gasteiger partial charge on any atom is -0.492 e. The summed E-state index contributed by atoms with van der Waals surface area (Å²) < 4.78 is 7.12. The van der Waals surface area contributed by atoms with Crippen LogP contribution in [0.1, 0.15) is 79.4 Å². The van der Waals surface area contributed by atoms with Crippen LogP contribution < -0.4 is 14.8 Å². The maximum absolute atomic E-state index is 12.3. The van der Waals surface area contributed by atoms with Crippen molar-refractivity contribution >= 4 is 11.5 Å². The second-order valence-corrected chi connectivity index (χ2v) is 12.1. The van der Waals surface area contributed by atoms with Gasteiger partial charge in [-0.25, -0.2) is 0 Å². The van der Waals surface area contributed by atoms with Gasteiger partial charge in [-0.15, -0.1) is 0 Å². The summed E-state index contributed by atoms with van der Waals surface area (Å²) in [5.41, 5.74) is 6.30. The highest BCUT2D eigenvalue weighted by Crippen LogP contribution is 2.44. The Morgan fingerprint density at radius 1 is 1.05 bits per heavy atom. The summed E-state index contributed by atoms with van der Waals surface area (Å²) in [4.78, 5) is 12.3. The normalized spacial score (nSPS) is 15.9. The number of nitrogens with one attached hydrogen (secondary N) is 1. The minimum atomic E-state index is -0.0588. The van der Waals surface area contributed by atoms with E-state index in [9.17, 15) is 15.3 Å². The van der Waals surface area contributed by atoms with Gasteiger partial charge in [0, 0.05) is 22.4 Å². The fraction of sp³-hybridized carbons (Fsp3) is 0.324. The molecule has 220 valence electrons. The third-order valence-electron chi connectivity index (χ3n) is 8.38. The monoisotopic (exact) mass is 574 g/mol. The number of nitriles is 1. The number of fused-ring (bicyclic) bond motifs is 1. The molecule has 1 unspecified atom stereocenters. The molecule has 43 heavy (non-hydrogen) atoms. The van der Waals surface area contributed by atoms with Gasteiger partial charge >= 0.3 is 0 Å². The van der Waals surface area contributed by atoms with Crippen LogP contribution in [0.2, 0.25) is 0 Å². The number of hydrogen-bond donors (Lipinski definition) is 2. The van der Waals surface area contributed by atoms with Crippen LogP contribution in [-0.4, -0.2) is 23.1 Å². The van der Waals surface area contributed by atoms with Crippen molar-refractivity contribution in [2.45, 2.75) is 64.3 Å². The summed E-state index contributed by atoms with van der Waals surface area (Å²) in [5.74, 6) is 1.41. The molecule has 0 spiro atoms. The summed E-state index contributed by atoms with van der Waals surface area (Å²) in [6.07, 6.45) is 7.27. The first-order valence-electron chi connectivity index (χ1n) is 15.1. The number of anilines is 1. The van der Waals surface area contributed by atoms with Crippen molar-refractivity contribution in [1.82, 2.24) is 0 Å². The van der Waals surface area contributed by atoms with Crippen molar-refractivity contribution in [1.29, 1.82) is 5.26 Å². The lowest BCUT2D eigenvalue weighted by molar-refractivity contribution is -0.904. The molecule has 2 N–H and O–H groups in total. The van der Waals surface area contributed by atoms with Crippen molar-refractivity contribution in [3.8, 4) is 22.9 Å². The molecular formula is C37H40N3O3+. The van der Waals surface area contributed by atoms with E-state index in [4.69, 9.17) is 4.74 Å². The molecule has 5 rings (SSSR count). The molecule has 1 aromatic heterocycles. The van der Waals surface area contributed by atoms with Crippen LogP contribution in [0.3, 0.4) is 0 Å². The van der Waals surface area contributed by atoms with Gasteiger partial charge in [0.15, 0.2) is 5.78 Å². The fourth-order valence-corrected chi connectivity index (χ4v) is 6.46. The highest BCUT2D eigenvalue weighted by molar-refractivity contribution is 5.96. The van der Waals surface area contributed by atoms with E-state index in [0.29, 0.717) is 47.3 Å². The first-order valence-corrected chi connectivity index (χ1v) is 15.1. The van der Waals surface area contributed by atoms with Crippen LogP contribution in [0.4, 0.5) is 5.69 Å².